The standard InChI is InChI=1S/C22H26ClF3N4O/c1-29(2)14-19(15-6-4-3-5-7-15)28-21(31)16-8-10-30(11-9-16)20-18(23)12-17(13-27-20)22(24,25)26/h3-7,12-13,16,19H,8-11,14H2,1-2H3,(H,28,31)/t19-/m1/s1. The van der Waals surface area contributed by atoms with Gasteiger partial charge >= 0.3 is 6.18 Å². The van der Waals surface area contributed by atoms with E-state index >= 15 is 0 Å². The molecule has 31 heavy (non-hydrogen) atoms. The van der Waals surface area contributed by atoms with Crippen LogP contribution in [0, 0.1) is 5.92 Å². The number of nitrogens with zero attached hydrogens (tertiary/aromatic N) is 3. The van der Waals surface area contributed by atoms with Gasteiger partial charge in [0.2, 0.25) is 5.91 Å². The Bertz CT molecular complexity index is 884. The van der Waals surface area contributed by atoms with E-state index in [2.05, 4.69) is 10.3 Å². The van der Waals surface area contributed by atoms with Crippen molar-refractivity contribution in [3.63, 3.8) is 0 Å². The second-order valence-corrected chi connectivity index (χ2v) is 8.43. The van der Waals surface area contributed by atoms with E-state index in [0.29, 0.717) is 38.3 Å². The topological polar surface area (TPSA) is 48.5 Å². The molecule has 2 heterocycles. The maximum atomic E-state index is 12.9. The minimum atomic E-state index is -4.48. The van der Waals surface area contributed by atoms with Crippen LogP contribution in [0.3, 0.4) is 0 Å². The minimum absolute atomic E-state index is 0.0122. The number of aromatic nitrogens is 1. The quantitative estimate of drug-likeness (QED) is 0.703. The molecule has 168 valence electrons. The average molecular weight is 455 g/mol. The highest BCUT2D eigenvalue weighted by atomic mass is 35.5. The normalized spacial score (nSPS) is 16.4. The molecule has 0 bridgehead atoms. The predicted molar refractivity (Wildman–Crippen MR) is 115 cm³/mol. The molecule has 1 aromatic heterocycles. The molecule has 1 aliphatic rings. The Morgan fingerprint density at radius 1 is 1.26 bits per heavy atom. The Morgan fingerprint density at radius 3 is 2.45 bits per heavy atom. The molecule has 2 aromatic rings. The van der Waals surface area contributed by atoms with E-state index in [4.69, 9.17) is 11.6 Å². The summed E-state index contributed by atoms with van der Waals surface area (Å²) in [5.74, 6) is 0.142. The highest BCUT2D eigenvalue weighted by Gasteiger charge is 2.33. The van der Waals surface area contributed by atoms with Gasteiger partial charge in [-0.3, -0.25) is 4.79 Å². The molecule has 1 aromatic carbocycles. The van der Waals surface area contributed by atoms with Gasteiger partial charge in [-0.05, 0) is 38.6 Å². The fourth-order valence-corrected chi connectivity index (χ4v) is 4.03. The molecule has 0 spiro atoms. The van der Waals surface area contributed by atoms with Crippen molar-refractivity contribution < 1.29 is 18.0 Å². The smallest absolute Gasteiger partial charge is 0.355 e. The number of rotatable bonds is 6. The second-order valence-electron chi connectivity index (χ2n) is 8.02. The third-order valence-electron chi connectivity index (χ3n) is 5.38. The van der Waals surface area contributed by atoms with Crippen LogP contribution in [0.2, 0.25) is 5.02 Å². The van der Waals surface area contributed by atoms with Crippen molar-refractivity contribution in [2.45, 2.75) is 25.1 Å². The van der Waals surface area contributed by atoms with Gasteiger partial charge in [-0.1, -0.05) is 41.9 Å². The summed E-state index contributed by atoms with van der Waals surface area (Å²) in [6, 6.07) is 10.6. The van der Waals surface area contributed by atoms with Crippen LogP contribution in [-0.2, 0) is 11.0 Å². The zero-order valence-electron chi connectivity index (χ0n) is 17.5. The lowest BCUT2D eigenvalue weighted by Gasteiger charge is -2.33. The van der Waals surface area contributed by atoms with Crippen molar-refractivity contribution in [3.05, 3.63) is 58.7 Å². The van der Waals surface area contributed by atoms with Gasteiger partial charge in [0.25, 0.3) is 0 Å². The van der Waals surface area contributed by atoms with Gasteiger partial charge in [0, 0.05) is 31.7 Å². The van der Waals surface area contributed by atoms with E-state index < -0.39 is 11.7 Å². The summed E-state index contributed by atoms with van der Waals surface area (Å²) in [5, 5.41) is 3.12. The number of amides is 1. The van der Waals surface area contributed by atoms with Gasteiger partial charge < -0.3 is 15.1 Å². The van der Waals surface area contributed by atoms with Crippen molar-refractivity contribution in [1.29, 1.82) is 0 Å². The first-order chi connectivity index (χ1) is 14.6. The molecule has 1 atom stereocenters. The van der Waals surface area contributed by atoms with Gasteiger partial charge in [-0.25, -0.2) is 4.98 Å². The summed E-state index contributed by atoms with van der Waals surface area (Å²) in [4.78, 5) is 20.7. The number of carbonyl (C=O) groups excluding carboxylic acids is 1. The summed E-state index contributed by atoms with van der Waals surface area (Å²) >= 11 is 6.06. The number of pyridine rings is 1. The molecule has 1 aliphatic heterocycles. The monoisotopic (exact) mass is 454 g/mol. The van der Waals surface area contributed by atoms with Crippen LogP contribution < -0.4 is 10.2 Å². The summed E-state index contributed by atoms with van der Waals surface area (Å²) in [5.41, 5.74) is 0.172. The average Bonchev–Trinajstić information content (AvgIpc) is 2.73. The van der Waals surface area contributed by atoms with Gasteiger partial charge in [-0.15, -0.1) is 0 Å². The SMILES string of the molecule is CN(C)C[C@@H](NC(=O)C1CCN(c2ncc(C(F)(F)F)cc2Cl)CC1)c1ccccc1. The molecule has 1 fully saturated rings. The van der Waals surface area contributed by atoms with E-state index in [1.807, 2.05) is 54.2 Å². The number of piperidine rings is 1. The first-order valence-electron chi connectivity index (χ1n) is 10.1. The largest absolute Gasteiger partial charge is 0.417 e. The maximum absolute atomic E-state index is 12.9. The van der Waals surface area contributed by atoms with Crippen LogP contribution in [-0.4, -0.2) is 49.5 Å². The lowest BCUT2D eigenvalue weighted by atomic mass is 9.95. The van der Waals surface area contributed by atoms with Crippen molar-refractivity contribution in [2.75, 3.05) is 38.6 Å². The van der Waals surface area contributed by atoms with Crippen molar-refractivity contribution in [3.8, 4) is 0 Å². The van der Waals surface area contributed by atoms with E-state index in [1.165, 1.54) is 0 Å². The van der Waals surface area contributed by atoms with Crippen LogP contribution in [0.4, 0.5) is 19.0 Å². The van der Waals surface area contributed by atoms with E-state index in [0.717, 1.165) is 17.8 Å². The lowest BCUT2D eigenvalue weighted by molar-refractivity contribution is -0.137. The number of anilines is 1. The first kappa shape index (κ1) is 23.3. The van der Waals surface area contributed by atoms with E-state index in [9.17, 15) is 18.0 Å². The maximum Gasteiger partial charge on any atom is 0.417 e. The Morgan fingerprint density at radius 2 is 1.90 bits per heavy atom. The summed E-state index contributed by atoms with van der Waals surface area (Å²) in [6.45, 7) is 1.68. The molecule has 1 saturated heterocycles. The minimum Gasteiger partial charge on any atom is -0.355 e. The third-order valence-corrected chi connectivity index (χ3v) is 5.66. The number of carbonyl (C=O) groups is 1. The number of hydrogen-bond acceptors (Lipinski definition) is 4. The number of benzene rings is 1. The van der Waals surface area contributed by atoms with Crippen LogP contribution in [0.25, 0.3) is 0 Å². The number of likely N-dealkylation sites (N-methyl/N-ethyl adjacent to an activating group) is 1. The Kier molecular flexibility index (Phi) is 7.43. The number of hydrogen-bond donors (Lipinski definition) is 1. The molecule has 0 aliphatic carbocycles. The molecule has 1 N–H and O–H groups in total. The lowest BCUT2D eigenvalue weighted by Crippen LogP contribution is -2.43. The van der Waals surface area contributed by atoms with Crippen LogP contribution >= 0.6 is 11.6 Å². The van der Waals surface area contributed by atoms with E-state index in [1.54, 1.807) is 0 Å². The predicted octanol–water partition coefficient (Wildman–Crippen LogP) is 4.39. The van der Waals surface area contributed by atoms with Gasteiger partial charge in [0.1, 0.15) is 5.82 Å². The summed E-state index contributed by atoms with van der Waals surface area (Å²) < 4.78 is 38.5. The molecule has 9 heteroatoms. The van der Waals surface area contributed by atoms with Crippen molar-refractivity contribution >= 4 is 23.3 Å². The zero-order chi connectivity index (χ0) is 22.6. The van der Waals surface area contributed by atoms with Crippen molar-refractivity contribution in [2.24, 2.45) is 5.92 Å². The molecule has 0 unspecified atom stereocenters. The fraction of sp³-hybridized carbons (Fsp3) is 0.455. The number of nitrogens with one attached hydrogen (secondary N) is 1. The Hall–Kier alpha value is -2.32. The number of alkyl halides is 3. The van der Waals surface area contributed by atoms with E-state index in [-0.39, 0.29) is 22.9 Å². The van der Waals surface area contributed by atoms with Crippen molar-refractivity contribution in [1.82, 2.24) is 15.2 Å². The highest BCUT2D eigenvalue weighted by Crippen LogP contribution is 2.34. The Balaban J connectivity index is 1.61. The summed E-state index contributed by atoms with van der Waals surface area (Å²) in [6.07, 6.45) is -2.53. The molecule has 0 saturated carbocycles. The number of halogens is 4. The molecule has 0 radical (unpaired) electrons. The molecular weight excluding hydrogens is 429 g/mol. The van der Waals surface area contributed by atoms with Crippen LogP contribution in [0.15, 0.2) is 42.6 Å². The Labute approximate surface area is 185 Å². The van der Waals surface area contributed by atoms with Gasteiger partial charge in [0.05, 0.1) is 16.6 Å². The van der Waals surface area contributed by atoms with Crippen LogP contribution in [0.1, 0.15) is 30.0 Å². The second kappa shape index (κ2) is 9.87. The van der Waals surface area contributed by atoms with Gasteiger partial charge in [0.15, 0.2) is 0 Å². The zero-order valence-corrected chi connectivity index (χ0v) is 18.2. The van der Waals surface area contributed by atoms with Crippen LogP contribution in [0.5, 0.6) is 0 Å². The summed E-state index contributed by atoms with van der Waals surface area (Å²) in [7, 11) is 3.92. The fourth-order valence-electron chi connectivity index (χ4n) is 3.75. The molecular formula is C22H26ClF3N4O. The molecule has 3 rings (SSSR count). The third kappa shape index (κ3) is 6.11. The van der Waals surface area contributed by atoms with Gasteiger partial charge in [-0.2, -0.15) is 13.2 Å². The highest BCUT2D eigenvalue weighted by molar-refractivity contribution is 6.33. The molecule has 1 amide bonds. The first-order valence-corrected chi connectivity index (χ1v) is 10.5. The molecule has 5 nitrogen and oxygen atoms in total.